The monoisotopic (exact) mass is 383 g/mol. The predicted octanol–water partition coefficient (Wildman–Crippen LogP) is 3.41. The third-order valence-electron chi connectivity index (χ3n) is 3.98. The number of aromatic nitrogens is 3. The van der Waals surface area contributed by atoms with Gasteiger partial charge < -0.3 is 5.32 Å². The Kier molecular flexibility index (Phi) is 5.66. The van der Waals surface area contributed by atoms with Crippen LogP contribution >= 0.6 is 0 Å². The van der Waals surface area contributed by atoms with Crippen LogP contribution in [0.2, 0.25) is 0 Å². The molecule has 0 amide bonds. The summed E-state index contributed by atoms with van der Waals surface area (Å²) in [5.41, 5.74) is 2.14. The Morgan fingerprint density at radius 2 is 1.52 bits per heavy atom. The summed E-state index contributed by atoms with van der Waals surface area (Å²) in [5.74, 6) is 1.06. The number of benzene rings is 1. The van der Waals surface area contributed by atoms with Gasteiger partial charge in [-0.1, -0.05) is 26.0 Å². The molecule has 0 aliphatic carbocycles. The SMILES string of the molecule is CC(C)c1ccc(S(=O)(=O)Nc2ccc(NCc3ccncc3)nn2)cc1. The zero-order chi connectivity index (χ0) is 19.3. The minimum Gasteiger partial charge on any atom is -0.365 e. The highest BCUT2D eigenvalue weighted by Gasteiger charge is 2.15. The van der Waals surface area contributed by atoms with E-state index in [4.69, 9.17) is 0 Å². The van der Waals surface area contributed by atoms with Crippen LogP contribution in [0.5, 0.6) is 0 Å². The zero-order valence-corrected chi connectivity index (χ0v) is 15.9. The fourth-order valence-corrected chi connectivity index (χ4v) is 3.40. The number of pyridine rings is 1. The molecule has 3 rings (SSSR count). The highest BCUT2D eigenvalue weighted by molar-refractivity contribution is 7.92. The number of hydrogen-bond acceptors (Lipinski definition) is 6. The summed E-state index contributed by atoms with van der Waals surface area (Å²) in [5, 5.41) is 11.1. The zero-order valence-electron chi connectivity index (χ0n) is 15.1. The van der Waals surface area contributed by atoms with Gasteiger partial charge in [0.25, 0.3) is 10.0 Å². The smallest absolute Gasteiger partial charge is 0.263 e. The van der Waals surface area contributed by atoms with Gasteiger partial charge in [-0.15, -0.1) is 10.2 Å². The Morgan fingerprint density at radius 1 is 0.889 bits per heavy atom. The summed E-state index contributed by atoms with van der Waals surface area (Å²) >= 11 is 0. The molecule has 2 heterocycles. The van der Waals surface area contributed by atoms with Crippen molar-refractivity contribution in [2.24, 2.45) is 0 Å². The maximum atomic E-state index is 12.5. The van der Waals surface area contributed by atoms with E-state index in [1.165, 1.54) is 0 Å². The molecule has 0 aliphatic heterocycles. The van der Waals surface area contributed by atoms with Crippen molar-refractivity contribution < 1.29 is 8.42 Å². The number of hydrogen-bond donors (Lipinski definition) is 2. The molecule has 0 atom stereocenters. The maximum Gasteiger partial charge on any atom is 0.263 e. The second-order valence-electron chi connectivity index (χ2n) is 6.34. The molecule has 3 aromatic rings. The van der Waals surface area contributed by atoms with Gasteiger partial charge in [0.2, 0.25) is 0 Å². The van der Waals surface area contributed by atoms with Crippen LogP contribution in [0.4, 0.5) is 11.6 Å². The summed E-state index contributed by atoms with van der Waals surface area (Å²) in [6.45, 7) is 4.69. The number of anilines is 2. The van der Waals surface area contributed by atoms with E-state index in [-0.39, 0.29) is 10.7 Å². The summed E-state index contributed by atoms with van der Waals surface area (Å²) < 4.78 is 27.4. The summed E-state index contributed by atoms with van der Waals surface area (Å²) in [6.07, 6.45) is 3.43. The molecule has 0 bridgehead atoms. The van der Waals surface area contributed by atoms with Crippen molar-refractivity contribution in [2.75, 3.05) is 10.0 Å². The normalized spacial score (nSPS) is 11.4. The van der Waals surface area contributed by atoms with Crippen molar-refractivity contribution in [3.05, 3.63) is 72.1 Å². The van der Waals surface area contributed by atoms with Crippen molar-refractivity contribution in [3.8, 4) is 0 Å². The van der Waals surface area contributed by atoms with E-state index >= 15 is 0 Å². The van der Waals surface area contributed by atoms with Crippen LogP contribution in [0.3, 0.4) is 0 Å². The van der Waals surface area contributed by atoms with Crippen molar-refractivity contribution in [1.82, 2.24) is 15.2 Å². The first-order valence-electron chi connectivity index (χ1n) is 8.53. The molecule has 0 aliphatic rings. The molecule has 1 aromatic carbocycles. The molecule has 2 aromatic heterocycles. The highest BCUT2D eigenvalue weighted by Crippen LogP contribution is 2.19. The predicted molar refractivity (Wildman–Crippen MR) is 105 cm³/mol. The summed E-state index contributed by atoms with van der Waals surface area (Å²) in [6, 6.07) is 13.9. The Hall–Kier alpha value is -3.00. The Bertz CT molecular complexity index is 973. The van der Waals surface area contributed by atoms with Crippen LogP contribution in [0.25, 0.3) is 0 Å². The average molecular weight is 383 g/mol. The molecule has 0 saturated heterocycles. The van der Waals surface area contributed by atoms with Gasteiger partial charge in [-0.25, -0.2) is 8.42 Å². The number of sulfonamides is 1. The number of nitrogens with one attached hydrogen (secondary N) is 2. The van der Waals surface area contributed by atoms with Crippen molar-refractivity contribution >= 4 is 21.7 Å². The van der Waals surface area contributed by atoms with Gasteiger partial charge in [0.1, 0.15) is 5.82 Å². The fourth-order valence-electron chi connectivity index (χ4n) is 2.40. The number of nitrogens with zero attached hydrogens (tertiary/aromatic N) is 3. The van der Waals surface area contributed by atoms with Crippen LogP contribution in [0.15, 0.2) is 65.8 Å². The lowest BCUT2D eigenvalue weighted by molar-refractivity contribution is 0.601. The van der Waals surface area contributed by atoms with E-state index in [1.54, 1.807) is 36.7 Å². The Morgan fingerprint density at radius 3 is 2.11 bits per heavy atom. The topological polar surface area (TPSA) is 96.9 Å². The molecular formula is C19H21N5O2S. The van der Waals surface area contributed by atoms with Crippen LogP contribution in [-0.4, -0.2) is 23.6 Å². The van der Waals surface area contributed by atoms with E-state index in [2.05, 4.69) is 39.1 Å². The first-order chi connectivity index (χ1) is 12.9. The van der Waals surface area contributed by atoms with Gasteiger partial charge in [0.05, 0.1) is 4.90 Å². The van der Waals surface area contributed by atoms with Crippen LogP contribution in [0, 0.1) is 0 Å². The Balaban J connectivity index is 1.64. The van der Waals surface area contributed by atoms with Crippen LogP contribution < -0.4 is 10.0 Å². The molecule has 0 unspecified atom stereocenters. The lowest BCUT2D eigenvalue weighted by atomic mass is 10.0. The molecule has 0 fully saturated rings. The first-order valence-corrected chi connectivity index (χ1v) is 10.0. The third-order valence-corrected chi connectivity index (χ3v) is 5.35. The van der Waals surface area contributed by atoms with E-state index < -0.39 is 10.0 Å². The molecule has 7 nitrogen and oxygen atoms in total. The standard InChI is InChI=1S/C19H21N5O2S/c1-14(2)16-3-5-17(6-4-16)27(25,26)24-19-8-7-18(22-23-19)21-13-15-9-11-20-12-10-15/h3-12,14H,13H2,1-2H3,(H,21,22)(H,23,24). The van der Waals surface area contributed by atoms with Gasteiger partial charge in [0.15, 0.2) is 5.82 Å². The fraction of sp³-hybridized carbons (Fsp3) is 0.211. The molecule has 0 saturated carbocycles. The molecular weight excluding hydrogens is 362 g/mol. The molecule has 140 valence electrons. The van der Waals surface area contributed by atoms with Crippen molar-refractivity contribution in [3.63, 3.8) is 0 Å². The molecule has 0 radical (unpaired) electrons. The van der Waals surface area contributed by atoms with Gasteiger partial charge >= 0.3 is 0 Å². The molecule has 27 heavy (non-hydrogen) atoms. The lowest BCUT2D eigenvalue weighted by Crippen LogP contribution is -2.14. The highest BCUT2D eigenvalue weighted by atomic mass is 32.2. The van der Waals surface area contributed by atoms with E-state index in [0.29, 0.717) is 18.3 Å². The van der Waals surface area contributed by atoms with Crippen LogP contribution in [0.1, 0.15) is 30.9 Å². The van der Waals surface area contributed by atoms with Crippen molar-refractivity contribution in [2.45, 2.75) is 31.2 Å². The van der Waals surface area contributed by atoms with Gasteiger partial charge in [-0.3, -0.25) is 9.71 Å². The molecule has 8 heteroatoms. The molecule has 0 spiro atoms. The quantitative estimate of drug-likeness (QED) is 0.649. The van der Waals surface area contributed by atoms with E-state index in [9.17, 15) is 8.42 Å². The van der Waals surface area contributed by atoms with Gasteiger partial charge in [-0.05, 0) is 53.4 Å². The second-order valence-corrected chi connectivity index (χ2v) is 8.02. The average Bonchev–Trinajstić information content (AvgIpc) is 2.68. The van der Waals surface area contributed by atoms with Crippen molar-refractivity contribution in [1.29, 1.82) is 0 Å². The van der Waals surface area contributed by atoms with Crippen LogP contribution in [-0.2, 0) is 16.6 Å². The largest absolute Gasteiger partial charge is 0.365 e. The maximum absolute atomic E-state index is 12.5. The third kappa shape index (κ3) is 5.01. The van der Waals surface area contributed by atoms with E-state index in [1.807, 2.05) is 24.3 Å². The Labute approximate surface area is 158 Å². The van der Waals surface area contributed by atoms with E-state index in [0.717, 1.165) is 11.1 Å². The summed E-state index contributed by atoms with van der Waals surface area (Å²) in [4.78, 5) is 4.15. The number of rotatable bonds is 7. The minimum atomic E-state index is -3.70. The molecule has 2 N–H and O–H groups in total. The first kappa shape index (κ1) is 18.8. The van der Waals surface area contributed by atoms with Gasteiger partial charge in [-0.2, -0.15) is 0 Å². The van der Waals surface area contributed by atoms with Gasteiger partial charge in [0, 0.05) is 18.9 Å². The summed E-state index contributed by atoms with van der Waals surface area (Å²) in [7, 11) is -3.70. The lowest BCUT2D eigenvalue weighted by Gasteiger charge is -2.10. The second kappa shape index (κ2) is 8.13. The minimum absolute atomic E-state index is 0.164.